The van der Waals surface area contributed by atoms with Gasteiger partial charge in [0.2, 0.25) is 5.91 Å². The van der Waals surface area contributed by atoms with Crippen LogP contribution in [0.2, 0.25) is 5.02 Å². The average Bonchev–Trinajstić information content (AvgIpc) is 2.29. The largest absolute Gasteiger partial charge is 0.486 e. The molecule has 0 aromatic heterocycles. The Labute approximate surface area is 105 Å². The number of benzene rings is 1. The zero-order valence-corrected chi connectivity index (χ0v) is 10.6. The van der Waals surface area contributed by atoms with Crippen LogP contribution in [0, 0.1) is 0 Å². The van der Waals surface area contributed by atoms with Crippen molar-refractivity contribution in [3.05, 3.63) is 22.7 Å². The molecule has 1 amide bonds. The molecule has 0 radical (unpaired) electrons. The summed E-state index contributed by atoms with van der Waals surface area (Å²) in [7, 11) is 3.45. The van der Waals surface area contributed by atoms with E-state index in [1.54, 1.807) is 25.1 Å². The van der Waals surface area contributed by atoms with Crippen LogP contribution in [0.1, 0.15) is 5.56 Å². The minimum absolute atomic E-state index is 0.0257. The van der Waals surface area contributed by atoms with E-state index in [1.165, 1.54) is 0 Å². The van der Waals surface area contributed by atoms with Gasteiger partial charge in [0, 0.05) is 14.1 Å². The predicted octanol–water partition coefficient (Wildman–Crippen LogP) is 1.74. The topological polar surface area (TPSA) is 38.8 Å². The highest BCUT2D eigenvalue weighted by Gasteiger charge is 2.17. The highest BCUT2D eigenvalue weighted by molar-refractivity contribution is 6.32. The van der Waals surface area contributed by atoms with E-state index in [-0.39, 0.29) is 5.91 Å². The maximum atomic E-state index is 11.6. The zero-order chi connectivity index (χ0) is 12.4. The van der Waals surface area contributed by atoms with Gasteiger partial charge in [0.25, 0.3) is 0 Å². The van der Waals surface area contributed by atoms with Crippen molar-refractivity contribution in [3.8, 4) is 11.5 Å². The third kappa shape index (κ3) is 2.64. The summed E-state index contributed by atoms with van der Waals surface area (Å²) in [6.45, 7) is 1.01. The molecule has 2 rings (SSSR count). The summed E-state index contributed by atoms with van der Waals surface area (Å²) >= 11 is 6.08. The number of ether oxygens (including phenoxy) is 2. The van der Waals surface area contributed by atoms with Crippen molar-refractivity contribution in [1.29, 1.82) is 0 Å². The van der Waals surface area contributed by atoms with Gasteiger partial charge in [-0.3, -0.25) is 4.79 Å². The maximum absolute atomic E-state index is 11.6. The molecule has 0 fully saturated rings. The van der Waals surface area contributed by atoms with Crippen molar-refractivity contribution in [2.45, 2.75) is 6.42 Å². The first-order valence-electron chi connectivity index (χ1n) is 5.36. The summed E-state index contributed by atoms with van der Waals surface area (Å²) in [6, 6.07) is 3.55. The molecule has 0 aliphatic carbocycles. The van der Waals surface area contributed by atoms with Crippen molar-refractivity contribution in [3.63, 3.8) is 0 Å². The lowest BCUT2D eigenvalue weighted by molar-refractivity contribution is -0.127. The van der Waals surface area contributed by atoms with E-state index in [1.807, 2.05) is 6.07 Å². The average molecular weight is 256 g/mol. The van der Waals surface area contributed by atoms with Crippen LogP contribution < -0.4 is 9.47 Å². The van der Waals surface area contributed by atoms with E-state index >= 15 is 0 Å². The number of halogens is 1. The monoisotopic (exact) mass is 255 g/mol. The van der Waals surface area contributed by atoms with Gasteiger partial charge in [0.1, 0.15) is 13.2 Å². The van der Waals surface area contributed by atoms with Crippen LogP contribution in [0.25, 0.3) is 0 Å². The molecular weight excluding hydrogens is 242 g/mol. The molecule has 0 saturated carbocycles. The summed E-state index contributed by atoms with van der Waals surface area (Å²) in [4.78, 5) is 13.1. The molecule has 0 saturated heterocycles. The number of hydrogen-bond donors (Lipinski definition) is 0. The summed E-state index contributed by atoms with van der Waals surface area (Å²) < 4.78 is 10.9. The highest BCUT2D eigenvalue weighted by Crippen LogP contribution is 2.38. The fourth-order valence-corrected chi connectivity index (χ4v) is 1.89. The number of carbonyl (C=O) groups is 1. The Morgan fingerprint density at radius 3 is 2.76 bits per heavy atom. The fourth-order valence-electron chi connectivity index (χ4n) is 1.60. The van der Waals surface area contributed by atoms with E-state index in [9.17, 15) is 4.79 Å². The Kier molecular flexibility index (Phi) is 3.43. The maximum Gasteiger partial charge on any atom is 0.226 e. The molecule has 0 spiro atoms. The number of carbonyl (C=O) groups excluding carboxylic acids is 1. The second-order valence-electron chi connectivity index (χ2n) is 4.07. The zero-order valence-electron chi connectivity index (χ0n) is 9.83. The normalized spacial score (nSPS) is 13.4. The van der Waals surface area contributed by atoms with Gasteiger partial charge in [-0.25, -0.2) is 0 Å². The summed E-state index contributed by atoms with van der Waals surface area (Å²) in [6.07, 6.45) is 0.309. The van der Waals surface area contributed by atoms with Crippen LogP contribution in [0.5, 0.6) is 11.5 Å². The number of likely N-dealkylation sites (N-methyl/N-ethyl adjacent to an activating group) is 1. The van der Waals surface area contributed by atoms with Crippen molar-refractivity contribution in [2.75, 3.05) is 27.3 Å². The van der Waals surface area contributed by atoms with Crippen LogP contribution in [0.3, 0.4) is 0 Å². The molecule has 0 atom stereocenters. The molecule has 1 aromatic carbocycles. The Morgan fingerprint density at radius 2 is 2.06 bits per heavy atom. The van der Waals surface area contributed by atoms with Gasteiger partial charge < -0.3 is 14.4 Å². The molecule has 92 valence electrons. The third-order valence-electron chi connectivity index (χ3n) is 2.51. The van der Waals surface area contributed by atoms with Crippen LogP contribution in [-0.4, -0.2) is 38.1 Å². The lowest BCUT2D eigenvalue weighted by Crippen LogP contribution is -2.23. The van der Waals surface area contributed by atoms with Crippen molar-refractivity contribution in [1.82, 2.24) is 4.90 Å². The van der Waals surface area contributed by atoms with Crippen LogP contribution in [0.4, 0.5) is 0 Å². The lowest BCUT2D eigenvalue weighted by atomic mass is 10.1. The number of fused-ring (bicyclic) bond motifs is 1. The molecule has 0 unspecified atom stereocenters. The van der Waals surface area contributed by atoms with Crippen LogP contribution in [0.15, 0.2) is 12.1 Å². The molecule has 1 heterocycles. The first-order valence-corrected chi connectivity index (χ1v) is 5.74. The van der Waals surface area contributed by atoms with E-state index in [4.69, 9.17) is 21.1 Å². The van der Waals surface area contributed by atoms with E-state index in [2.05, 4.69) is 0 Å². The smallest absolute Gasteiger partial charge is 0.226 e. The van der Waals surface area contributed by atoms with Gasteiger partial charge in [-0.05, 0) is 17.7 Å². The molecule has 5 heteroatoms. The van der Waals surface area contributed by atoms with Crippen LogP contribution >= 0.6 is 11.6 Å². The van der Waals surface area contributed by atoms with Crippen molar-refractivity contribution < 1.29 is 14.3 Å². The molecule has 17 heavy (non-hydrogen) atoms. The lowest BCUT2D eigenvalue weighted by Gasteiger charge is -2.20. The number of nitrogens with zero attached hydrogens (tertiary/aromatic N) is 1. The quantitative estimate of drug-likeness (QED) is 0.808. The van der Waals surface area contributed by atoms with E-state index in [0.717, 1.165) is 5.56 Å². The molecule has 0 bridgehead atoms. The predicted molar refractivity (Wildman–Crippen MR) is 64.8 cm³/mol. The Hall–Kier alpha value is -1.42. The Bertz CT molecular complexity index is 446. The molecule has 1 aromatic rings. The standard InChI is InChI=1S/C12H14ClNO3/c1-14(2)11(15)7-8-5-9(13)12-10(6-8)16-3-4-17-12/h5-6H,3-4,7H2,1-2H3. The number of amides is 1. The SMILES string of the molecule is CN(C)C(=O)Cc1cc(Cl)c2c(c1)OCCO2. The van der Waals surface area contributed by atoms with Gasteiger partial charge >= 0.3 is 0 Å². The minimum Gasteiger partial charge on any atom is -0.486 e. The summed E-state index contributed by atoms with van der Waals surface area (Å²) in [5.74, 6) is 1.21. The fraction of sp³-hybridized carbons (Fsp3) is 0.417. The number of rotatable bonds is 2. The van der Waals surface area contributed by atoms with Gasteiger partial charge in [-0.1, -0.05) is 11.6 Å². The third-order valence-corrected chi connectivity index (χ3v) is 2.79. The van der Waals surface area contributed by atoms with Crippen molar-refractivity contribution >= 4 is 17.5 Å². The molecule has 4 nitrogen and oxygen atoms in total. The van der Waals surface area contributed by atoms with Crippen LogP contribution in [-0.2, 0) is 11.2 Å². The minimum atomic E-state index is 0.0257. The molecule has 1 aliphatic rings. The van der Waals surface area contributed by atoms with Gasteiger partial charge in [0.05, 0.1) is 11.4 Å². The van der Waals surface area contributed by atoms with E-state index in [0.29, 0.717) is 36.2 Å². The second-order valence-corrected chi connectivity index (χ2v) is 4.47. The molecule has 1 aliphatic heterocycles. The number of hydrogen-bond acceptors (Lipinski definition) is 3. The van der Waals surface area contributed by atoms with Crippen molar-refractivity contribution in [2.24, 2.45) is 0 Å². The second kappa shape index (κ2) is 4.84. The first kappa shape index (κ1) is 12.0. The van der Waals surface area contributed by atoms with Gasteiger partial charge in [0.15, 0.2) is 11.5 Å². The van der Waals surface area contributed by atoms with Gasteiger partial charge in [-0.2, -0.15) is 0 Å². The molecule has 0 N–H and O–H groups in total. The summed E-state index contributed by atoms with van der Waals surface area (Å²) in [5, 5.41) is 0.490. The van der Waals surface area contributed by atoms with E-state index < -0.39 is 0 Å². The highest BCUT2D eigenvalue weighted by atomic mass is 35.5. The summed E-state index contributed by atoms with van der Waals surface area (Å²) in [5.41, 5.74) is 0.831. The van der Waals surface area contributed by atoms with Gasteiger partial charge in [-0.15, -0.1) is 0 Å². The first-order chi connectivity index (χ1) is 8.08. The Balaban J connectivity index is 2.25. The molecular formula is C12H14ClNO3. The Morgan fingerprint density at radius 1 is 1.35 bits per heavy atom.